The average molecular weight is 532 g/mol. The minimum atomic E-state index is 0. The quantitative estimate of drug-likeness (QED) is 0.320. The van der Waals surface area contributed by atoms with Crippen LogP contribution in [0.15, 0.2) is 17.1 Å². The molecule has 0 spiro atoms. The highest BCUT2D eigenvalue weighted by Gasteiger charge is 2.23. The van der Waals surface area contributed by atoms with Gasteiger partial charge in [-0.2, -0.15) is 0 Å². The standard InChI is InChI=1S/C22H36N4O3.HI/c1-15(2)13-26-6-7-28-19(14-26)12-25-22(23-4)24-11-18-10-21-17(8-16(3)29-21)9-20(18)27-5;/h9-10,15-16,19H,6-8,11-14H2,1-5H3,(H2,23,24,25);1H. The van der Waals surface area contributed by atoms with Crippen molar-refractivity contribution in [3.05, 3.63) is 23.3 Å². The number of methoxy groups -OCH3 is 1. The molecule has 2 atom stereocenters. The number of ether oxygens (including phenoxy) is 3. The maximum Gasteiger partial charge on any atom is 0.191 e. The number of aliphatic imine (C=N–C) groups is 1. The average Bonchev–Trinajstić information content (AvgIpc) is 3.06. The Labute approximate surface area is 197 Å². The number of nitrogens with zero attached hydrogens (tertiary/aromatic N) is 2. The lowest BCUT2D eigenvalue weighted by Crippen LogP contribution is -2.50. The lowest BCUT2D eigenvalue weighted by Gasteiger charge is -2.34. The minimum absolute atomic E-state index is 0. The zero-order valence-electron chi connectivity index (χ0n) is 18.9. The van der Waals surface area contributed by atoms with Crippen LogP contribution in [-0.4, -0.2) is 70.0 Å². The molecule has 7 nitrogen and oxygen atoms in total. The van der Waals surface area contributed by atoms with Crippen molar-refractivity contribution < 1.29 is 14.2 Å². The molecule has 0 bridgehead atoms. The number of benzene rings is 1. The van der Waals surface area contributed by atoms with Crippen LogP contribution >= 0.6 is 24.0 Å². The zero-order chi connectivity index (χ0) is 20.8. The number of morpholine rings is 1. The maximum absolute atomic E-state index is 5.92. The van der Waals surface area contributed by atoms with Crippen molar-refractivity contribution >= 4 is 29.9 Å². The Morgan fingerprint density at radius 3 is 2.83 bits per heavy atom. The van der Waals surface area contributed by atoms with Crippen molar-refractivity contribution in [3.8, 4) is 11.5 Å². The number of halogens is 1. The van der Waals surface area contributed by atoms with Gasteiger partial charge in [0.05, 0.1) is 19.8 Å². The Morgan fingerprint density at radius 2 is 2.13 bits per heavy atom. The van der Waals surface area contributed by atoms with Gasteiger partial charge >= 0.3 is 0 Å². The van der Waals surface area contributed by atoms with E-state index in [4.69, 9.17) is 14.2 Å². The van der Waals surface area contributed by atoms with E-state index in [1.807, 2.05) is 0 Å². The number of guanidine groups is 1. The molecule has 2 heterocycles. The fourth-order valence-corrected chi connectivity index (χ4v) is 4.01. The molecule has 3 rings (SSSR count). The molecule has 8 heteroatoms. The second-order valence-corrected chi connectivity index (χ2v) is 8.36. The highest BCUT2D eigenvalue weighted by atomic mass is 127. The second-order valence-electron chi connectivity index (χ2n) is 8.36. The van der Waals surface area contributed by atoms with Gasteiger partial charge < -0.3 is 24.8 Å². The maximum atomic E-state index is 5.92. The molecule has 1 fully saturated rings. The molecule has 0 aromatic heterocycles. The van der Waals surface area contributed by atoms with Crippen LogP contribution in [0.5, 0.6) is 11.5 Å². The van der Waals surface area contributed by atoms with E-state index in [0.29, 0.717) is 12.5 Å². The van der Waals surface area contributed by atoms with Crippen molar-refractivity contribution in [2.24, 2.45) is 10.9 Å². The molecular formula is C22H37IN4O3. The molecule has 2 aliphatic rings. The van der Waals surface area contributed by atoms with Crippen LogP contribution in [0.3, 0.4) is 0 Å². The van der Waals surface area contributed by atoms with Gasteiger partial charge in [-0.15, -0.1) is 24.0 Å². The van der Waals surface area contributed by atoms with E-state index < -0.39 is 0 Å². The van der Waals surface area contributed by atoms with Gasteiger partial charge in [-0.25, -0.2) is 0 Å². The minimum Gasteiger partial charge on any atom is -0.496 e. The smallest absolute Gasteiger partial charge is 0.191 e. The number of hydrogen-bond acceptors (Lipinski definition) is 5. The van der Waals surface area contributed by atoms with Crippen LogP contribution in [0.4, 0.5) is 0 Å². The molecule has 0 amide bonds. The van der Waals surface area contributed by atoms with Gasteiger partial charge in [0.1, 0.15) is 17.6 Å². The van der Waals surface area contributed by atoms with Gasteiger partial charge in [0.15, 0.2) is 5.96 Å². The number of hydrogen-bond donors (Lipinski definition) is 2. The van der Waals surface area contributed by atoms with E-state index in [1.54, 1.807) is 14.2 Å². The van der Waals surface area contributed by atoms with Crippen LogP contribution in [0.1, 0.15) is 31.9 Å². The summed E-state index contributed by atoms with van der Waals surface area (Å²) in [6, 6.07) is 4.16. The van der Waals surface area contributed by atoms with Gasteiger partial charge in [-0.3, -0.25) is 9.89 Å². The molecule has 0 saturated carbocycles. The van der Waals surface area contributed by atoms with Crippen molar-refractivity contribution in [2.75, 3.05) is 46.9 Å². The van der Waals surface area contributed by atoms with E-state index in [2.05, 4.69) is 53.4 Å². The molecule has 30 heavy (non-hydrogen) atoms. The van der Waals surface area contributed by atoms with Crippen molar-refractivity contribution in [2.45, 2.75) is 45.9 Å². The lowest BCUT2D eigenvalue weighted by molar-refractivity contribution is -0.0284. The summed E-state index contributed by atoms with van der Waals surface area (Å²) in [5.74, 6) is 3.26. The highest BCUT2D eigenvalue weighted by molar-refractivity contribution is 14.0. The fourth-order valence-electron chi connectivity index (χ4n) is 4.01. The van der Waals surface area contributed by atoms with Gasteiger partial charge in [0, 0.05) is 57.3 Å². The number of rotatable bonds is 7. The summed E-state index contributed by atoms with van der Waals surface area (Å²) >= 11 is 0. The molecule has 1 aromatic rings. The fraction of sp³-hybridized carbons (Fsp3) is 0.682. The Balaban J connectivity index is 0.00000320. The molecule has 1 aromatic carbocycles. The highest BCUT2D eigenvalue weighted by Crippen LogP contribution is 2.34. The Hall–Kier alpha value is -1.26. The topological polar surface area (TPSA) is 67.4 Å². The van der Waals surface area contributed by atoms with Crippen LogP contribution < -0.4 is 20.1 Å². The van der Waals surface area contributed by atoms with Crippen molar-refractivity contribution in [1.82, 2.24) is 15.5 Å². The summed E-state index contributed by atoms with van der Waals surface area (Å²) in [6.07, 6.45) is 1.32. The number of nitrogens with one attached hydrogen (secondary N) is 2. The van der Waals surface area contributed by atoms with Crippen LogP contribution in [0.2, 0.25) is 0 Å². The third kappa shape index (κ3) is 6.88. The molecule has 0 aliphatic carbocycles. The summed E-state index contributed by atoms with van der Waals surface area (Å²) in [6.45, 7) is 11.8. The monoisotopic (exact) mass is 532 g/mol. The summed E-state index contributed by atoms with van der Waals surface area (Å²) in [4.78, 5) is 6.83. The molecular weight excluding hydrogens is 495 g/mol. The molecule has 2 unspecified atom stereocenters. The summed E-state index contributed by atoms with van der Waals surface area (Å²) in [5, 5.41) is 6.78. The first-order chi connectivity index (χ1) is 14.0. The van der Waals surface area contributed by atoms with E-state index >= 15 is 0 Å². The first kappa shape index (κ1) is 25.0. The molecule has 0 radical (unpaired) electrons. The number of fused-ring (bicyclic) bond motifs is 1. The van der Waals surface area contributed by atoms with Crippen LogP contribution in [-0.2, 0) is 17.7 Å². The normalized spacial score (nSPS) is 21.6. The van der Waals surface area contributed by atoms with Crippen LogP contribution in [0.25, 0.3) is 0 Å². The van der Waals surface area contributed by atoms with E-state index in [0.717, 1.165) is 62.2 Å². The first-order valence-electron chi connectivity index (χ1n) is 10.6. The predicted molar refractivity (Wildman–Crippen MR) is 131 cm³/mol. The summed E-state index contributed by atoms with van der Waals surface area (Å²) in [5.41, 5.74) is 2.27. The van der Waals surface area contributed by atoms with E-state index in [9.17, 15) is 0 Å². The Morgan fingerprint density at radius 1 is 1.33 bits per heavy atom. The van der Waals surface area contributed by atoms with Gasteiger partial charge in [0.2, 0.25) is 0 Å². The Bertz CT molecular complexity index is 714. The molecule has 2 N–H and O–H groups in total. The predicted octanol–water partition coefficient (Wildman–Crippen LogP) is 2.66. The van der Waals surface area contributed by atoms with E-state index in [-0.39, 0.29) is 36.2 Å². The van der Waals surface area contributed by atoms with Crippen molar-refractivity contribution in [3.63, 3.8) is 0 Å². The molecule has 1 saturated heterocycles. The zero-order valence-corrected chi connectivity index (χ0v) is 21.2. The van der Waals surface area contributed by atoms with E-state index in [1.165, 1.54) is 5.56 Å². The summed E-state index contributed by atoms with van der Waals surface area (Å²) in [7, 11) is 3.49. The van der Waals surface area contributed by atoms with Gasteiger partial charge in [0.25, 0.3) is 0 Å². The third-order valence-electron chi connectivity index (χ3n) is 5.31. The molecule has 170 valence electrons. The summed E-state index contributed by atoms with van der Waals surface area (Å²) < 4.78 is 17.4. The SMILES string of the molecule is CN=C(NCc1cc2c(cc1OC)CC(C)O2)NCC1CN(CC(C)C)CCO1.I. The first-order valence-corrected chi connectivity index (χ1v) is 10.6. The second kappa shape index (κ2) is 12.0. The largest absolute Gasteiger partial charge is 0.496 e. The third-order valence-corrected chi connectivity index (χ3v) is 5.31. The Kier molecular flexibility index (Phi) is 9.96. The van der Waals surface area contributed by atoms with Crippen LogP contribution in [0, 0.1) is 5.92 Å². The van der Waals surface area contributed by atoms with Gasteiger partial charge in [-0.05, 0) is 25.0 Å². The van der Waals surface area contributed by atoms with Gasteiger partial charge in [-0.1, -0.05) is 13.8 Å². The molecule has 2 aliphatic heterocycles. The lowest BCUT2D eigenvalue weighted by atomic mass is 10.1. The van der Waals surface area contributed by atoms with Crippen molar-refractivity contribution in [1.29, 1.82) is 0 Å².